The number of likely N-dealkylation sites (N-methyl/N-ethyl adjacent to an activating group) is 1. The molecular formula is C12H20N4O3S2. The van der Waals surface area contributed by atoms with Crippen LogP contribution >= 0.6 is 11.3 Å². The minimum atomic E-state index is -2.93. The lowest BCUT2D eigenvalue weighted by atomic mass is 10.2. The highest BCUT2D eigenvalue weighted by Crippen LogP contribution is 2.18. The molecule has 1 atom stereocenters. The first-order valence-electron chi connectivity index (χ1n) is 6.92. The maximum Gasteiger partial charge on any atom is 0.240 e. The van der Waals surface area contributed by atoms with E-state index < -0.39 is 9.84 Å². The average molecular weight is 332 g/mol. The maximum atomic E-state index is 11.9. The lowest BCUT2D eigenvalue weighted by Crippen LogP contribution is -2.38. The fourth-order valence-corrected chi connectivity index (χ4v) is 4.92. The molecule has 1 fully saturated rings. The molecule has 0 bridgehead atoms. The molecule has 0 aromatic carbocycles. The molecule has 0 radical (unpaired) electrons. The zero-order valence-electron chi connectivity index (χ0n) is 12.2. The Labute approximate surface area is 128 Å². The topological polar surface area (TPSA) is 92.3 Å². The Kier molecular flexibility index (Phi) is 5.28. The van der Waals surface area contributed by atoms with Gasteiger partial charge in [0.25, 0.3) is 0 Å². The van der Waals surface area contributed by atoms with Crippen molar-refractivity contribution in [2.45, 2.75) is 32.2 Å². The highest BCUT2D eigenvalue weighted by molar-refractivity contribution is 7.91. The molecule has 1 N–H and O–H groups in total. The molecular weight excluding hydrogens is 312 g/mol. The van der Waals surface area contributed by atoms with E-state index in [1.165, 1.54) is 11.3 Å². The van der Waals surface area contributed by atoms with Crippen LogP contribution in [0.1, 0.15) is 24.8 Å². The molecule has 0 aliphatic carbocycles. The van der Waals surface area contributed by atoms with Crippen LogP contribution in [-0.4, -0.2) is 60.6 Å². The molecule has 1 unspecified atom stereocenters. The highest BCUT2D eigenvalue weighted by atomic mass is 32.2. The van der Waals surface area contributed by atoms with Crippen molar-refractivity contribution in [3.8, 4) is 0 Å². The minimum absolute atomic E-state index is 0.0779. The number of nitrogens with zero attached hydrogens (tertiary/aromatic N) is 3. The monoisotopic (exact) mass is 332 g/mol. The van der Waals surface area contributed by atoms with Crippen LogP contribution in [0.4, 0.5) is 5.13 Å². The van der Waals surface area contributed by atoms with E-state index in [2.05, 4.69) is 22.4 Å². The van der Waals surface area contributed by atoms with Gasteiger partial charge in [-0.25, -0.2) is 8.42 Å². The van der Waals surface area contributed by atoms with E-state index in [-0.39, 0.29) is 30.0 Å². The number of aromatic nitrogens is 2. The van der Waals surface area contributed by atoms with Crippen LogP contribution in [0.5, 0.6) is 0 Å². The van der Waals surface area contributed by atoms with Gasteiger partial charge in [-0.05, 0) is 19.9 Å². The fourth-order valence-electron chi connectivity index (χ4n) is 2.26. The summed E-state index contributed by atoms with van der Waals surface area (Å²) >= 11 is 1.38. The van der Waals surface area contributed by atoms with Crippen LogP contribution in [0.15, 0.2) is 0 Å². The fraction of sp³-hybridized carbons (Fsp3) is 0.750. The van der Waals surface area contributed by atoms with Gasteiger partial charge in [-0.15, -0.1) is 10.2 Å². The number of hydrogen-bond acceptors (Lipinski definition) is 7. The molecule has 1 aliphatic heterocycles. The summed E-state index contributed by atoms with van der Waals surface area (Å²) in [6.45, 7) is 2.22. The van der Waals surface area contributed by atoms with E-state index in [9.17, 15) is 13.2 Å². The number of anilines is 1. The normalized spacial score (nSPS) is 20.8. The van der Waals surface area contributed by atoms with Crippen LogP contribution in [-0.2, 0) is 21.1 Å². The highest BCUT2D eigenvalue weighted by Gasteiger charge is 2.31. The van der Waals surface area contributed by atoms with Crippen LogP contribution in [0.25, 0.3) is 0 Å². The Hall–Kier alpha value is -1.06. The Morgan fingerprint density at radius 1 is 1.48 bits per heavy atom. The van der Waals surface area contributed by atoms with Gasteiger partial charge in [0, 0.05) is 12.5 Å². The third kappa shape index (κ3) is 4.72. The number of carbonyl (C=O) groups excluding carboxylic acids is 1. The quantitative estimate of drug-likeness (QED) is 0.818. The molecule has 1 saturated heterocycles. The molecule has 1 aromatic rings. The van der Waals surface area contributed by atoms with Gasteiger partial charge in [0.15, 0.2) is 9.84 Å². The average Bonchev–Trinajstić information content (AvgIpc) is 2.96. The molecule has 1 aromatic heterocycles. The van der Waals surface area contributed by atoms with Gasteiger partial charge in [0.05, 0.1) is 18.1 Å². The maximum absolute atomic E-state index is 11.9. The lowest BCUT2D eigenvalue weighted by Gasteiger charge is -2.21. The zero-order chi connectivity index (χ0) is 15.5. The molecule has 2 rings (SSSR count). The van der Waals surface area contributed by atoms with E-state index in [1.54, 1.807) is 11.9 Å². The third-order valence-electron chi connectivity index (χ3n) is 3.40. The summed E-state index contributed by atoms with van der Waals surface area (Å²) in [4.78, 5) is 13.7. The molecule has 21 heavy (non-hydrogen) atoms. The van der Waals surface area contributed by atoms with Gasteiger partial charge in [0.1, 0.15) is 5.01 Å². The van der Waals surface area contributed by atoms with Gasteiger partial charge >= 0.3 is 0 Å². The van der Waals surface area contributed by atoms with Crippen molar-refractivity contribution in [1.29, 1.82) is 0 Å². The third-order valence-corrected chi connectivity index (χ3v) is 6.05. The summed E-state index contributed by atoms with van der Waals surface area (Å²) < 4.78 is 22.9. The number of sulfone groups is 1. The standard InChI is InChI=1S/C12H20N4O3S2/c1-3-4-11-14-15-12(20-11)13-10(17)7-16(2)9-5-6-21(18,19)8-9/h9H,3-8H2,1-2H3,(H,13,15,17). The Morgan fingerprint density at radius 3 is 2.86 bits per heavy atom. The van der Waals surface area contributed by atoms with Crippen molar-refractivity contribution in [1.82, 2.24) is 15.1 Å². The van der Waals surface area contributed by atoms with E-state index in [0.717, 1.165) is 17.8 Å². The van der Waals surface area contributed by atoms with Crippen LogP contribution < -0.4 is 5.32 Å². The van der Waals surface area contributed by atoms with Gasteiger partial charge in [-0.1, -0.05) is 18.3 Å². The molecule has 1 aliphatic rings. The Bertz CT molecular complexity index is 599. The second kappa shape index (κ2) is 6.80. The van der Waals surface area contributed by atoms with Crippen molar-refractivity contribution >= 4 is 32.2 Å². The molecule has 0 spiro atoms. The zero-order valence-corrected chi connectivity index (χ0v) is 13.8. The van der Waals surface area contributed by atoms with Crippen molar-refractivity contribution < 1.29 is 13.2 Å². The van der Waals surface area contributed by atoms with Crippen molar-refractivity contribution in [2.24, 2.45) is 0 Å². The summed E-state index contributed by atoms with van der Waals surface area (Å²) in [7, 11) is -1.16. The first-order chi connectivity index (χ1) is 9.89. The molecule has 7 nitrogen and oxygen atoms in total. The van der Waals surface area contributed by atoms with Gasteiger partial charge in [-0.2, -0.15) is 0 Å². The number of amides is 1. The SMILES string of the molecule is CCCc1nnc(NC(=O)CN(C)C2CCS(=O)(=O)C2)s1. The molecule has 0 saturated carbocycles. The second-order valence-electron chi connectivity index (χ2n) is 5.27. The number of aryl methyl sites for hydroxylation is 1. The van der Waals surface area contributed by atoms with E-state index in [4.69, 9.17) is 0 Å². The second-order valence-corrected chi connectivity index (χ2v) is 8.56. The minimum Gasteiger partial charge on any atom is -0.299 e. The van der Waals surface area contributed by atoms with Gasteiger partial charge in [-0.3, -0.25) is 15.0 Å². The predicted octanol–water partition coefficient (Wildman–Crippen LogP) is 0.548. The van der Waals surface area contributed by atoms with E-state index in [0.29, 0.717) is 11.6 Å². The van der Waals surface area contributed by atoms with Crippen molar-refractivity contribution in [3.63, 3.8) is 0 Å². The largest absolute Gasteiger partial charge is 0.299 e. The van der Waals surface area contributed by atoms with Crippen LogP contribution in [0, 0.1) is 0 Å². The van der Waals surface area contributed by atoms with Gasteiger partial charge in [0.2, 0.25) is 11.0 Å². The Balaban J connectivity index is 1.83. The number of carbonyl (C=O) groups is 1. The Morgan fingerprint density at radius 2 is 2.24 bits per heavy atom. The number of rotatable bonds is 6. The van der Waals surface area contributed by atoms with E-state index in [1.807, 2.05) is 0 Å². The van der Waals surface area contributed by atoms with Crippen molar-refractivity contribution in [2.75, 3.05) is 30.4 Å². The molecule has 1 amide bonds. The van der Waals surface area contributed by atoms with E-state index >= 15 is 0 Å². The number of hydrogen-bond donors (Lipinski definition) is 1. The summed E-state index contributed by atoms with van der Waals surface area (Å²) in [5.41, 5.74) is 0. The van der Waals surface area contributed by atoms with Crippen molar-refractivity contribution in [3.05, 3.63) is 5.01 Å². The summed E-state index contributed by atoms with van der Waals surface area (Å²) in [6.07, 6.45) is 2.43. The summed E-state index contributed by atoms with van der Waals surface area (Å²) in [5.74, 6) is 0.150. The first kappa shape index (κ1) is 16.3. The predicted molar refractivity (Wildman–Crippen MR) is 82.2 cm³/mol. The lowest BCUT2D eigenvalue weighted by molar-refractivity contribution is -0.117. The summed E-state index contributed by atoms with van der Waals surface area (Å²) in [6, 6.07) is -0.0779. The van der Waals surface area contributed by atoms with Crippen LogP contribution in [0.2, 0.25) is 0 Å². The smallest absolute Gasteiger partial charge is 0.240 e. The molecule has 2 heterocycles. The summed E-state index contributed by atoms with van der Waals surface area (Å²) in [5, 5.41) is 12.0. The number of nitrogens with one attached hydrogen (secondary N) is 1. The first-order valence-corrected chi connectivity index (χ1v) is 9.56. The van der Waals surface area contributed by atoms with Gasteiger partial charge < -0.3 is 0 Å². The molecule has 9 heteroatoms. The molecule has 118 valence electrons. The van der Waals surface area contributed by atoms with Crippen LogP contribution in [0.3, 0.4) is 0 Å².